The summed E-state index contributed by atoms with van der Waals surface area (Å²) in [7, 11) is 0. The Labute approximate surface area is 154 Å². The Balaban J connectivity index is 1.70. The van der Waals surface area contributed by atoms with Crippen LogP contribution in [0.15, 0.2) is 48.5 Å². The maximum absolute atomic E-state index is 12.1. The fraction of sp³-hybridized carbons (Fsp3) is 0.150. The van der Waals surface area contributed by atoms with Crippen LogP contribution >= 0.6 is 0 Å². The maximum atomic E-state index is 12.1. The van der Waals surface area contributed by atoms with E-state index in [2.05, 4.69) is 0 Å². The van der Waals surface area contributed by atoms with E-state index in [0.717, 1.165) is 11.1 Å². The van der Waals surface area contributed by atoms with Crippen LogP contribution in [-0.2, 0) is 19.2 Å². The van der Waals surface area contributed by atoms with E-state index >= 15 is 0 Å². The van der Waals surface area contributed by atoms with Crippen LogP contribution in [0.4, 0.5) is 0 Å². The number of hydroxylamine groups is 2. The highest BCUT2D eigenvalue weighted by atomic mass is 16.7. The van der Waals surface area contributed by atoms with Gasteiger partial charge in [0.1, 0.15) is 6.29 Å². The van der Waals surface area contributed by atoms with Crippen molar-refractivity contribution in [3.05, 3.63) is 59.7 Å². The summed E-state index contributed by atoms with van der Waals surface area (Å²) in [6.45, 7) is 0. The quantitative estimate of drug-likeness (QED) is 0.337. The zero-order chi connectivity index (χ0) is 19.4. The van der Waals surface area contributed by atoms with E-state index in [1.54, 1.807) is 36.4 Å². The molecule has 1 saturated heterocycles. The van der Waals surface area contributed by atoms with Crippen LogP contribution in [0.5, 0.6) is 0 Å². The number of nitrogens with zero attached hydrogens (tertiary/aromatic N) is 1. The van der Waals surface area contributed by atoms with Crippen LogP contribution in [0.1, 0.15) is 40.0 Å². The molecule has 2 amide bonds. The van der Waals surface area contributed by atoms with E-state index in [1.807, 2.05) is 0 Å². The van der Waals surface area contributed by atoms with Gasteiger partial charge in [0.2, 0.25) is 0 Å². The molecule has 0 radical (unpaired) electrons. The molecule has 1 fully saturated rings. The molecule has 1 heterocycles. The molecule has 7 heteroatoms. The number of rotatable bonds is 6. The smallest absolute Gasteiger partial charge is 0.325 e. The largest absolute Gasteiger partial charge is 0.363 e. The Bertz CT molecular complexity index is 898. The van der Waals surface area contributed by atoms with Gasteiger partial charge in [-0.2, -0.15) is 0 Å². The molecule has 0 saturated carbocycles. The molecule has 27 heavy (non-hydrogen) atoms. The van der Waals surface area contributed by atoms with Crippen LogP contribution < -0.4 is 0 Å². The summed E-state index contributed by atoms with van der Waals surface area (Å²) in [6.07, 6.45) is 0.488. The minimum Gasteiger partial charge on any atom is -0.325 e. The van der Waals surface area contributed by atoms with E-state index in [-0.39, 0.29) is 30.6 Å². The second kappa shape index (κ2) is 7.74. The number of hydrogen-bond donors (Lipinski definition) is 0. The molecule has 0 aliphatic carbocycles. The number of carbonyl (C=O) groups excluding carboxylic acids is 5. The van der Waals surface area contributed by atoms with Crippen LogP contribution in [0.25, 0.3) is 11.1 Å². The van der Waals surface area contributed by atoms with E-state index in [4.69, 9.17) is 4.84 Å². The number of carbonyl (C=O) groups is 5. The zero-order valence-corrected chi connectivity index (χ0v) is 14.2. The molecule has 0 spiro atoms. The SMILES string of the molecule is O=CCC(=O)c1ccc(-c2ccc(C(=O)ON3C(=O)CCC3=O)cc2)cc1. The van der Waals surface area contributed by atoms with E-state index in [1.165, 1.54) is 12.1 Å². The lowest BCUT2D eigenvalue weighted by atomic mass is 10.0. The predicted octanol–water partition coefficient (Wildman–Crippen LogP) is 2.35. The minimum absolute atomic E-state index is 0.0381. The lowest BCUT2D eigenvalue weighted by Crippen LogP contribution is -2.32. The summed E-state index contributed by atoms with van der Waals surface area (Å²) in [5.41, 5.74) is 2.27. The standard InChI is InChI=1S/C20H15NO6/c22-12-11-17(23)15-5-1-13(2-6-15)14-3-7-16(8-4-14)20(26)27-21-18(24)9-10-19(21)25/h1-8,12H,9-11H2. The number of imide groups is 1. The number of benzene rings is 2. The molecule has 0 N–H and O–H groups in total. The van der Waals surface area contributed by atoms with Crippen molar-refractivity contribution >= 4 is 29.9 Å². The van der Waals surface area contributed by atoms with E-state index in [0.29, 0.717) is 16.9 Å². The fourth-order valence-corrected chi connectivity index (χ4v) is 2.63. The fourth-order valence-electron chi connectivity index (χ4n) is 2.63. The molecule has 0 aromatic heterocycles. The molecule has 0 bridgehead atoms. The van der Waals surface area contributed by atoms with Gasteiger partial charge in [-0.25, -0.2) is 4.79 Å². The lowest BCUT2D eigenvalue weighted by molar-refractivity contribution is -0.172. The van der Waals surface area contributed by atoms with Crippen LogP contribution in [0.2, 0.25) is 0 Å². The third kappa shape index (κ3) is 3.98. The van der Waals surface area contributed by atoms with Crippen molar-refractivity contribution in [3.63, 3.8) is 0 Å². The van der Waals surface area contributed by atoms with Gasteiger partial charge in [0.25, 0.3) is 11.8 Å². The monoisotopic (exact) mass is 365 g/mol. The molecule has 136 valence electrons. The Hall–Kier alpha value is -3.61. The molecule has 1 aliphatic heterocycles. The van der Waals surface area contributed by atoms with Crippen LogP contribution in [0, 0.1) is 0 Å². The van der Waals surface area contributed by atoms with Gasteiger partial charge in [-0.3, -0.25) is 14.4 Å². The second-order valence-electron chi connectivity index (χ2n) is 5.91. The molecular weight excluding hydrogens is 350 g/mol. The second-order valence-corrected chi connectivity index (χ2v) is 5.91. The van der Waals surface area contributed by atoms with Crippen molar-refractivity contribution in [2.24, 2.45) is 0 Å². The van der Waals surface area contributed by atoms with Crippen molar-refractivity contribution in [1.29, 1.82) is 0 Å². The average Bonchev–Trinajstić information content (AvgIpc) is 3.00. The maximum Gasteiger partial charge on any atom is 0.363 e. The first kappa shape index (κ1) is 18.2. The lowest BCUT2D eigenvalue weighted by Gasteiger charge is -2.12. The molecule has 7 nitrogen and oxygen atoms in total. The molecule has 3 rings (SSSR count). The van der Waals surface area contributed by atoms with Crippen molar-refractivity contribution in [3.8, 4) is 11.1 Å². The average molecular weight is 365 g/mol. The first-order valence-electron chi connectivity index (χ1n) is 8.25. The van der Waals surface area contributed by atoms with Crippen LogP contribution in [0.3, 0.4) is 0 Å². The van der Waals surface area contributed by atoms with Gasteiger partial charge >= 0.3 is 5.97 Å². The molecular formula is C20H15NO6. The Kier molecular flexibility index (Phi) is 5.21. The summed E-state index contributed by atoms with van der Waals surface area (Å²) >= 11 is 0. The predicted molar refractivity (Wildman–Crippen MR) is 93.4 cm³/mol. The number of Topliss-reactive ketones (excluding diaryl/α,β-unsaturated/α-hetero) is 1. The number of ketones is 1. The highest BCUT2D eigenvalue weighted by Crippen LogP contribution is 2.22. The van der Waals surface area contributed by atoms with Crippen LogP contribution in [-0.4, -0.2) is 34.9 Å². The van der Waals surface area contributed by atoms with Crippen molar-refractivity contribution in [2.75, 3.05) is 0 Å². The van der Waals surface area contributed by atoms with Gasteiger partial charge in [-0.15, -0.1) is 5.06 Å². The Morgan fingerprint density at radius 1 is 0.852 bits per heavy atom. The number of hydrogen-bond acceptors (Lipinski definition) is 6. The minimum atomic E-state index is -0.792. The highest BCUT2D eigenvalue weighted by molar-refractivity contribution is 6.03. The third-order valence-electron chi connectivity index (χ3n) is 4.11. The Morgan fingerprint density at radius 2 is 1.33 bits per heavy atom. The summed E-state index contributed by atoms with van der Waals surface area (Å²) in [5, 5.41) is 0.505. The first-order chi connectivity index (χ1) is 13.0. The van der Waals surface area contributed by atoms with Gasteiger partial charge in [-0.1, -0.05) is 36.4 Å². The summed E-state index contributed by atoms with van der Waals surface area (Å²) in [4.78, 5) is 62.0. The Morgan fingerprint density at radius 3 is 1.81 bits per heavy atom. The van der Waals surface area contributed by atoms with Gasteiger partial charge in [0.05, 0.1) is 12.0 Å². The molecule has 0 unspecified atom stereocenters. The van der Waals surface area contributed by atoms with Gasteiger partial charge < -0.3 is 9.63 Å². The normalized spacial score (nSPS) is 13.6. The topological polar surface area (TPSA) is 97.8 Å². The van der Waals surface area contributed by atoms with Crippen molar-refractivity contribution < 1.29 is 28.8 Å². The summed E-state index contributed by atoms with van der Waals surface area (Å²) < 4.78 is 0. The summed E-state index contributed by atoms with van der Waals surface area (Å²) in [6, 6.07) is 13.2. The zero-order valence-electron chi connectivity index (χ0n) is 14.2. The highest BCUT2D eigenvalue weighted by Gasteiger charge is 2.33. The molecule has 2 aromatic rings. The third-order valence-corrected chi connectivity index (χ3v) is 4.11. The van der Waals surface area contributed by atoms with Crippen molar-refractivity contribution in [1.82, 2.24) is 5.06 Å². The summed E-state index contributed by atoms with van der Waals surface area (Å²) in [5.74, 6) is -2.11. The molecule has 1 aliphatic rings. The van der Waals surface area contributed by atoms with Gasteiger partial charge in [0.15, 0.2) is 5.78 Å². The number of aldehydes is 1. The first-order valence-corrected chi connectivity index (χ1v) is 8.25. The van der Waals surface area contributed by atoms with Gasteiger partial charge in [0, 0.05) is 18.4 Å². The number of amides is 2. The van der Waals surface area contributed by atoms with E-state index in [9.17, 15) is 24.0 Å². The molecule has 2 aromatic carbocycles. The van der Waals surface area contributed by atoms with Crippen molar-refractivity contribution in [2.45, 2.75) is 19.3 Å². The molecule has 0 atom stereocenters. The van der Waals surface area contributed by atoms with E-state index < -0.39 is 17.8 Å². The van der Waals surface area contributed by atoms with Gasteiger partial charge in [-0.05, 0) is 23.3 Å².